The molecule has 0 spiro atoms. The first-order valence-electron chi connectivity index (χ1n) is 8.28. The Morgan fingerprint density at radius 1 is 1.04 bits per heavy atom. The summed E-state index contributed by atoms with van der Waals surface area (Å²) in [5.41, 5.74) is 1.18. The second-order valence-electron chi connectivity index (χ2n) is 6.11. The largest absolute Gasteiger partial charge is 0.348 e. The van der Waals surface area contributed by atoms with E-state index in [0.29, 0.717) is 12.0 Å². The minimum atomic E-state index is -3.98. The van der Waals surface area contributed by atoms with Gasteiger partial charge in [0, 0.05) is 24.9 Å². The second kappa shape index (κ2) is 7.82. The Bertz CT molecular complexity index is 1170. The molecule has 3 rings (SSSR count). The average molecular weight is 423 g/mol. The van der Waals surface area contributed by atoms with E-state index in [9.17, 15) is 21.2 Å². The summed E-state index contributed by atoms with van der Waals surface area (Å²) in [6.45, 7) is 1.71. The van der Waals surface area contributed by atoms with Gasteiger partial charge in [-0.05, 0) is 48.9 Å². The van der Waals surface area contributed by atoms with E-state index in [1.165, 1.54) is 18.5 Å². The number of sulfone groups is 1. The third kappa shape index (κ3) is 4.29. The van der Waals surface area contributed by atoms with Gasteiger partial charge in [0.2, 0.25) is 19.9 Å². The van der Waals surface area contributed by atoms with Gasteiger partial charge in [-0.15, -0.1) is 0 Å². The number of hydrogen-bond donors (Lipinski definition) is 2. The van der Waals surface area contributed by atoms with Gasteiger partial charge in [-0.2, -0.15) is 0 Å². The highest BCUT2D eigenvalue weighted by Gasteiger charge is 2.23. The van der Waals surface area contributed by atoms with Crippen LogP contribution in [0.5, 0.6) is 0 Å². The zero-order valence-corrected chi connectivity index (χ0v) is 16.5. The molecule has 0 atom stereocenters. The van der Waals surface area contributed by atoms with Crippen molar-refractivity contribution >= 4 is 19.9 Å². The number of benzene rings is 2. The van der Waals surface area contributed by atoms with Crippen molar-refractivity contribution in [2.45, 2.75) is 28.0 Å². The maximum Gasteiger partial charge on any atom is 0.240 e. The number of H-pyrrole nitrogens is 1. The molecule has 0 aliphatic carbocycles. The molecular weight excluding hydrogens is 405 g/mol. The molecule has 0 unspecified atom stereocenters. The fourth-order valence-corrected chi connectivity index (χ4v) is 5.27. The van der Waals surface area contributed by atoms with Crippen LogP contribution < -0.4 is 4.72 Å². The molecule has 148 valence electrons. The Hall–Kier alpha value is -2.56. The Morgan fingerprint density at radius 3 is 2.36 bits per heavy atom. The summed E-state index contributed by atoms with van der Waals surface area (Å²) in [5, 5.41) is 0. The number of rotatable bonds is 7. The lowest BCUT2D eigenvalue weighted by Gasteiger charge is -2.12. The van der Waals surface area contributed by atoms with Gasteiger partial charge in [0.25, 0.3) is 0 Å². The Balaban J connectivity index is 1.89. The first kappa shape index (κ1) is 20.2. The molecule has 0 radical (unpaired) electrons. The third-order valence-electron chi connectivity index (χ3n) is 4.12. The fraction of sp³-hybridized carbons (Fsp3) is 0.167. The number of aromatic amines is 1. The quantitative estimate of drug-likeness (QED) is 0.567. The van der Waals surface area contributed by atoms with Crippen molar-refractivity contribution in [2.75, 3.05) is 6.54 Å². The lowest BCUT2D eigenvalue weighted by Crippen LogP contribution is -2.27. The Kier molecular flexibility index (Phi) is 5.64. The van der Waals surface area contributed by atoms with Crippen molar-refractivity contribution < 1.29 is 21.2 Å². The summed E-state index contributed by atoms with van der Waals surface area (Å²) in [7, 11) is -7.91. The Morgan fingerprint density at radius 2 is 1.71 bits per heavy atom. The average Bonchev–Trinajstić information content (AvgIpc) is 3.15. The van der Waals surface area contributed by atoms with Crippen LogP contribution in [0.1, 0.15) is 11.3 Å². The van der Waals surface area contributed by atoms with Gasteiger partial charge in [0.15, 0.2) is 0 Å². The molecule has 0 fully saturated rings. The van der Waals surface area contributed by atoms with Crippen molar-refractivity contribution in [2.24, 2.45) is 0 Å². The molecule has 1 heterocycles. The third-order valence-corrected chi connectivity index (χ3v) is 7.49. The van der Waals surface area contributed by atoms with Crippen LogP contribution in [0.3, 0.4) is 0 Å². The van der Waals surface area contributed by atoms with E-state index < -0.39 is 25.7 Å². The molecule has 3 aromatic rings. The van der Waals surface area contributed by atoms with Crippen molar-refractivity contribution in [3.8, 4) is 0 Å². The van der Waals surface area contributed by atoms with Gasteiger partial charge in [-0.1, -0.05) is 6.07 Å². The van der Waals surface area contributed by atoms with E-state index in [0.717, 1.165) is 36.0 Å². The van der Waals surface area contributed by atoms with Crippen LogP contribution in [0, 0.1) is 12.7 Å². The lowest BCUT2D eigenvalue weighted by molar-refractivity contribution is 0.580. The zero-order chi connectivity index (χ0) is 20.4. The standard InChI is InChI=1S/C18H18FN3O4S2/c1-13-2-5-17(27(23,24)16-6-3-14(19)4-7-16)10-18(13)28(25,26)22-9-8-15-11-20-12-21-15/h2-7,10-12,22H,8-9H2,1H3,(H,20,21). The van der Waals surface area contributed by atoms with Crippen molar-refractivity contribution in [1.82, 2.24) is 14.7 Å². The predicted molar refractivity (Wildman–Crippen MR) is 101 cm³/mol. The normalized spacial score (nSPS) is 12.2. The minimum absolute atomic E-state index is 0.117. The van der Waals surface area contributed by atoms with Crippen LogP contribution in [-0.2, 0) is 26.3 Å². The summed E-state index contributed by atoms with van der Waals surface area (Å²) in [6, 6.07) is 8.23. The topological polar surface area (TPSA) is 109 Å². The van der Waals surface area contributed by atoms with Crippen molar-refractivity contribution in [3.05, 3.63) is 72.1 Å². The van der Waals surface area contributed by atoms with Crippen LogP contribution >= 0.6 is 0 Å². The van der Waals surface area contributed by atoms with Gasteiger partial charge < -0.3 is 4.98 Å². The number of imidazole rings is 1. The molecule has 1 aromatic heterocycles. The molecule has 0 bridgehead atoms. The molecule has 0 saturated heterocycles. The SMILES string of the molecule is Cc1ccc(S(=O)(=O)c2ccc(F)cc2)cc1S(=O)(=O)NCCc1cnc[nH]1. The number of nitrogens with zero attached hydrogens (tertiary/aromatic N) is 1. The van der Waals surface area contributed by atoms with E-state index >= 15 is 0 Å². The lowest BCUT2D eigenvalue weighted by atomic mass is 10.2. The minimum Gasteiger partial charge on any atom is -0.348 e. The number of halogens is 1. The molecule has 10 heteroatoms. The number of aromatic nitrogens is 2. The maximum atomic E-state index is 13.1. The first-order chi connectivity index (χ1) is 13.2. The highest BCUT2D eigenvalue weighted by Crippen LogP contribution is 2.25. The molecule has 28 heavy (non-hydrogen) atoms. The van der Waals surface area contributed by atoms with Gasteiger partial charge in [-0.25, -0.2) is 30.9 Å². The van der Waals surface area contributed by atoms with E-state index in [2.05, 4.69) is 14.7 Å². The summed E-state index contributed by atoms with van der Waals surface area (Å²) in [5.74, 6) is -0.562. The van der Waals surface area contributed by atoms with Gasteiger partial charge in [0.05, 0.1) is 21.0 Å². The summed E-state index contributed by atoms with van der Waals surface area (Å²) in [4.78, 5) is 6.31. The molecule has 2 N–H and O–H groups in total. The van der Waals surface area contributed by atoms with Crippen LogP contribution in [0.25, 0.3) is 0 Å². The highest BCUT2D eigenvalue weighted by atomic mass is 32.2. The highest BCUT2D eigenvalue weighted by molar-refractivity contribution is 7.91. The monoisotopic (exact) mass is 423 g/mol. The van der Waals surface area contributed by atoms with Gasteiger partial charge >= 0.3 is 0 Å². The van der Waals surface area contributed by atoms with Crippen molar-refractivity contribution in [3.63, 3.8) is 0 Å². The Labute approximate surface area is 162 Å². The molecule has 0 amide bonds. The van der Waals surface area contributed by atoms with E-state index in [4.69, 9.17) is 0 Å². The smallest absolute Gasteiger partial charge is 0.240 e. The molecule has 2 aromatic carbocycles. The van der Waals surface area contributed by atoms with Crippen LogP contribution in [0.4, 0.5) is 4.39 Å². The fourth-order valence-electron chi connectivity index (χ4n) is 2.61. The van der Waals surface area contributed by atoms with Gasteiger partial charge in [-0.3, -0.25) is 0 Å². The van der Waals surface area contributed by atoms with Crippen LogP contribution in [-0.4, -0.2) is 33.3 Å². The number of sulfonamides is 1. The predicted octanol–water partition coefficient (Wildman–Crippen LogP) is 2.21. The van der Waals surface area contributed by atoms with Crippen LogP contribution in [0.15, 0.2) is 69.7 Å². The molecule has 0 aliphatic rings. The zero-order valence-electron chi connectivity index (χ0n) is 14.9. The van der Waals surface area contributed by atoms with Crippen LogP contribution in [0.2, 0.25) is 0 Å². The maximum absolute atomic E-state index is 13.1. The van der Waals surface area contributed by atoms with Gasteiger partial charge in [0.1, 0.15) is 5.82 Å². The summed E-state index contributed by atoms with van der Waals surface area (Å²) < 4.78 is 66.4. The number of aryl methyl sites for hydroxylation is 1. The van der Waals surface area contributed by atoms with E-state index in [1.54, 1.807) is 13.1 Å². The number of hydrogen-bond acceptors (Lipinski definition) is 5. The molecule has 0 aliphatic heterocycles. The second-order valence-corrected chi connectivity index (χ2v) is 9.79. The van der Waals surface area contributed by atoms with E-state index in [1.807, 2.05) is 0 Å². The van der Waals surface area contributed by atoms with E-state index in [-0.39, 0.29) is 21.2 Å². The number of nitrogens with one attached hydrogen (secondary N) is 2. The van der Waals surface area contributed by atoms with Crippen molar-refractivity contribution in [1.29, 1.82) is 0 Å². The molecule has 0 saturated carbocycles. The summed E-state index contributed by atoms with van der Waals surface area (Å²) >= 11 is 0. The molecular formula is C18H18FN3O4S2. The first-order valence-corrected chi connectivity index (χ1v) is 11.2. The molecule has 7 nitrogen and oxygen atoms in total. The summed E-state index contributed by atoms with van der Waals surface area (Å²) in [6.07, 6.45) is 3.50.